The fourth-order valence-corrected chi connectivity index (χ4v) is 2.37. The normalized spacial score (nSPS) is 14.4. The zero-order valence-corrected chi connectivity index (χ0v) is 13.9. The Bertz CT molecular complexity index is 611. The van der Waals surface area contributed by atoms with Crippen molar-refractivity contribution in [1.29, 1.82) is 0 Å². The second-order valence-corrected chi connectivity index (χ2v) is 6.49. The minimum atomic E-state index is -0.519. The fourth-order valence-electron chi connectivity index (χ4n) is 2.15. The van der Waals surface area contributed by atoms with Gasteiger partial charge in [-0.05, 0) is 32.9 Å². The lowest BCUT2D eigenvalue weighted by atomic mass is 10.0. The number of amides is 1. The predicted octanol–water partition coefficient (Wildman–Crippen LogP) is 3.65. The monoisotopic (exact) mass is 325 g/mol. The highest BCUT2D eigenvalue weighted by atomic mass is 35.5. The number of likely N-dealkylation sites (tertiary alicyclic amines) is 1. The number of ether oxygens (including phenoxy) is 2. The van der Waals surface area contributed by atoms with Crippen molar-refractivity contribution >= 4 is 23.5 Å². The van der Waals surface area contributed by atoms with Gasteiger partial charge in [-0.15, -0.1) is 0 Å². The van der Waals surface area contributed by atoms with Gasteiger partial charge in [0.05, 0.1) is 25.2 Å². The average molecular weight is 326 g/mol. The third-order valence-corrected chi connectivity index (χ3v) is 3.56. The molecule has 0 spiro atoms. The van der Waals surface area contributed by atoms with Crippen LogP contribution in [-0.2, 0) is 9.47 Å². The van der Waals surface area contributed by atoms with E-state index in [4.69, 9.17) is 21.1 Å². The molecule has 22 heavy (non-hydrogen) atoms. The van der Waals surface area contributed by atoms with E-state index in [1.165, 1.54) is 6.07 Å². The van der Waals surface area contributed by atoms with Crippen molar-refractivity contribution < 1.29 is 19.4 Å². The molecule has 0 aliphatic carbocycles. The number of rotatable bonds is 2. The van der Waals surface area contributed by atoms with E-state index in [2.05, 4.69) is 0 Å². The first-order chi connectivity index (χ1) is 10.2. The van der Waals surface area contributed by atoms with Gasteiger partial charge in [0.2, 0.25) is 0 Å². The van der Waals surface area contributed by atoms with Crippen LogP contribution >= 0.6 is 11.6 Å². The van der Waals surface area contributed by atoms with Gasteiger partial charge in [0.15, 0.2) is 0 Å². The Hall–Kier alpha value is -1.88. The maximum Gasteiger partial charge on any atom is 0.410 e. The molecule has 1 aromatic carbocycles. The smallest absolute Gasteiger partial charge is 0.410 e. The number of hydrogen-bond acceptors (Lipinski definition) is 4. The van der Waals surface area contributed by atoms with Crippen molar-refractivity contribution in [3.63, 3.8) is 0 Å². The quantitative estimate of drug-likeness (QED) is 0.843. The third-order valence-electron chi connectivity index (χ3n) is 3.16. The number of phenolic OH excluding ortho intramolecular Hbond substituents is 1. The van der Waals surface area contributed by atoms with Crippen LogP contribution in [0.1, 0.15) is 26.3 Å². The van der Waals surface area contributed by atoms with E-state index in [1.54, 1.807) is 24.1 Å². The number of hydrogen-bond donors (Lipinski definition) is 1. The van der Waals surface area contributed by atoms with E-state index in [0.717, 1.165) is 5.57 Å². The summed E-state index contributed by atoms with van der Waals surface area (Å²) in [7, 11) is 1.54. The zero-order chi connectivity index (χ0) is 16.5. The van der Waals surface area contributed by atoms with Gasteiger partial charge < -0.3 is 14.6 Å². The van der Waals surface area contributed by atoms with Crippen molar-refractivity contribution in [3.05, 3.63) is 34.4 Å². The van der Waals surface area contributed by atoms with Gasteiger partial charge >= 0.3 is 6.09 Å². The molecule has 0 saturated carbocycles. The third kappa shape index (κ3) is 3.47. The number of aromatic hydroxyl groups is 1. The molecule has 0 unspecified atom stereocenters. The standard InChI is InChI=1S/C16H20ClNO4/c1-16(2,3)22-15(20)18-8-10(9-18)14(21-4)11-6-5-7-12(19)13(11)17/h5-7,19H,8-9H2,1-4H3. The molecule has 5 nitrogen and oxygen atoms in total. The molecule has 1 amide bonds. The van der Waals surface area contributed by atoms with Crippen LogP contribution in [0.2, 0.25) is 5.02 Å². The van der Waals surface area contributed by atoms with Crippen molar-refractivity contribution in [1.82, 2.24) is 4.90 Å². The number of nitrogens with zero attached hydrogens (tertiary/aromatic N) is 1. The molecule has 0 radical (unpaired) electrons. The molecule has 0 bridgehead atoms. The topological polar surface area (TPSA) is 59.0 Å². The van der Waals surface area contributed by atoms with Gasteiger partial charge in [-0.2, -0.15) is 0 Å². The molecule has 0 atom stereocenters. The van der Waals surface area contributed by atoms with E-state index in [9.17, 15) is 9.90 Å². The summed E-state index contributed by atoms with van der Waals surface area (Å²) in [6.45, 7) is 6.33. The van der Waals surface area contributed by atoms with Crippen molar-refractivity contribution in [2.75, 3.05) is 20.2 Å². The molecule has 1 heterocycles. The first-order valence-corrected chi connectivity index (χ1v) is 7.32. The van der Waals surface area contributed by atoms with Gasteiger partial charge in [-0.1, -0.05) is 17.7 Å². The number of benzene rings is 1. The molecule has 1 aliphatic heterocycles. The molecular weight excluding hydrogens is 306 g/mol. The van der Waals surface area contributed by atoms with Crippen LogP contribution in [0.3, 0.4) is 0 Å². The van der Waals surface area contributed by atoms with Gasteiger partial charge in [0, 0.05) is 11.1 Å². The van der Waals surface area contributed by atoms with Crippen molar-refractivity contribution in [3.8, 4) is 5.75 Å². The van der Waals surface area contributed by atoms with Crippen LogP contribution in [0.25, 0.3) is 5.76 Å². The van der Waals surface area contributed by atoms with E-state index in [0.29, 0.717) is 24.4 Å². The minimum absolute atomic E-state index is 0.00219. The lowest BCUT2D eigenvalue weighted by Crippen LogP contribution is -2.47. The molecule has 1 aliphatic rings. The van der Waals surface area contributed by atoms with E-state index >= 15 is 0 Å². The first kappa shape index (κ1) is 16.5. The summed E-state index contributed by atoms with van der Waals surface area (Å²) in [5.41, 5.74) is 1.03. The van der Waals surface area contributed by atoms with Gasteiger partial charge in [0.25, 0.3) is 0 Å². The lowest BCUT2D eigenvalue weighted by Gasteiger charge is -2.36. The van der Waals surface area contributed by atoms with Gasteiger partial charge in [-0.25, -0.2) is 4.79 Å². The maximum atomic E-state index is 11.9. The number of halogens is 1. The van der Waals surface area contributed by atoms with Crippen LogP contribution in [0.4, 0.5) is 4.79 Å². The molecule has 2 rings (SSSR count). The van der Waals surface area contributed by atoms with E-state index in [-0.39, 0.29) is 16.9 Å². The molecule has 1 aromatic rings. The number of carbonyl (C=O) groups excluding carboxylic acids is 1. The Morgan fingerprint density at radius 2 is 1.95 bits per heavy atom. The lowest BCUT2D eigenvalue weighted by molar-refractivity contribution is 0.0212. The Kier molecular flexibility index (Phi) is 4.56. The fraction of sp³-hybridized carbons (Fsp3) is 0.438. The highest BCUT2D eigenvalue weighted by Gasteiger charge is 2.32. The molecule has 1 fully saturated rings. The summed E-state index contributed by atoms with van der Waals surface area (Å²) in [5.74, 6) is 0.582. The maximum absolute atomic E-state index is 11.9. The van der Waals surface area contributed by atoms with Crippen LogP contribution in [0, 0.1) is 0 Å². The number of methoxy groups -OCH3 is 1. The predicted molar refractivity (Wildman–Crippen MR) is 84.9 cm³/mol. The van der Waals surface area contributed by atoms with Crippen LogP contribution in [-0.4, -0.2) is 41.9 Å². The molecule has 1 N–H and O–H groups in total. The molecule has 0 aromatic heterocycles. The van der Waals surface area contributed by atoms with Gasteiger partial charge in [0.1, 0.15) is 17.1 Å². The number of phenols is 1. The second-order valence-electron chi connectivity index (χ2n) is 6.11. The van der Waals surface area contributed by atoms with E-state index in [1.807, 2.05) is 20.8 Å². The van der Waals surface area contributed by atoms with Crippen LogP contribution < -0.4 is 0 Å². The van der Waals surface area contributed by atoms with Crippen molar-refractivity contribution in [2.45, 2.75) is 26.4 Å². The molecular formula is C16H20ClNO4. The minimum Gasteiger partial charge on any atom is -0.506 e. The summed E-state index contributed by atoms with van der Waals surface area (Å²) >= 11 is 6.11. The summed E-state index contributed by atoms with van der Waals surface area (Å²) in [5, 5.41) is 9.93. The van der Waals surface area contributed by atoms with Crippen LogP contribution in [0.15, 0.2) is 23.8 Å². The average Bonchev–Trinajstić information content (AvgIpc) is 2.34. The Morgan fingerprint density at radius 1 is 1.32 bits per heavy atom. The van der Waals surface area contributed by atoms with Crippen molar-refractivity contribution in [2.24, 2.45) is 0 Å². The number of carbonyl (C=O) groups is 1. The highest BCUT2D eigenvalue weighted by Crippen LogP contribution is 2.35. The Balaban J connectivity index is 2.15. The first-order valence-electron chi connectivity index (χ1n) is 6.94. The summed E-state index contributed by atoms with van der Waals surface area (Å²) in [4.78, 5) is 13.5. The molecule has 120 valence electrons. The summed E-state index contributed by atoms with van der Waals surface area (Å²) in [6.07, 6.45) is -0.353. The van der Waals surface area contributed by atoms with E-state index < -0.39 is 5.60 Å². The zero-order valence-electron chi connectivity index (χ0n) is 13.1. The van der Waals surface area contributed by atoms with Crippen LogP contribution in [0.5, 0.6) is 5.75 Å². The molecule has 1 saturated heterocycles. The second kappa shape index (κ2) is 6.08. The largest absolute Gasteiger partial charge is 0.506 e. The Morgan fingerprint density at radius 3 is 2.50 bits per heavy atom. The summed E-state index contributed by atoms with van der Waals surface area (Å²) in [6, 6.07) is 4.97. The highest BCUT2D eigenvalue weighted by molar-refractivity contribution is 6.33. The SMILES string of the molecule is COC(=C1CN(C(=O)OC(C)(C)C)C1)c1cccc(O)c1Cl. The molecule has 6 heteroatoms. The summed E-state index contributed by atoms with van der Waals surface area (Å²) < 4.78 is 10.7. The van der Waals surface area contributed by atoms with Gasteiger partial charge in [-0.3, -0.25) is 4.90 Å². The Labute approximate surface area is 135 Å².